The molecule has 0 radical (unpaired) electrons. The van der Waals surface area contributed by atoms with Crippen molar-refractivity contribution in [2.75, 3.05) is 14.2 Å². The molecule has 1 rings (SSSR count). The first-order chi connectivity index (χ1) is 9.08. The largest absolute Gasteiger partial charge is 0.495 e. The molecule has 0 amide bonds. The van der Waals surface area contributed by atoms with Crippen LogP contribution in [-0.4, -0.2) is 14.2 Å². The molecule has 0 aromatic heterocycles. The minimum absolute atomic E-state index is 0.0621. The number of methoxy groups -OCH3 is 2. The Hall–Kier alpha value is -0.780. The summed E-state index contributed by atoms with van der Waals surface area (Å²) in [7, 11) is 3.29. The molecule has 3 N–H and O–H groups in total. The second kappa shape index (κ2) is 7.72. The molecule has 0 saturated carbocycles. The number of hydrazine groups is 1. The molecule has 2 unspecified atom stereocenters. The van der Waals surface area contributed by atoms with Crippen molar-refractivity contribution in [2.24, 2.45) is 11.8 Å². The van der Waals surface area contributed by atoms with Gasteiger partial charge in [-0.05, 0) is 40.4 Å². The van der Waals surface area contributed by atoms with Gasteiger partial charge in [-0.1, -0.05) is 20.3 Å². The maximum Gasteiger partial charge on any atom is 0.141 e. The average molecular weight is 331 g/mol. The Morgan fingerprint density at radius 3 is 2.47 bits per heavy atom. The zero-order valence-corrected chi connectivity index (χ0v) is 13.6. The van der Waals surface area contributed by atoms with Crippen molar-refractivity contribution in [3.05, 3.63) is 22.2 Å². The standard InChI is InChI=1S/C14H23BrN2O2/c1-5-9(2)8-11(17-16)10-6-7-12(18-3)13(15)14(10)19-4/h6-7,9,11,17H,5,8,16H2,1-4H3. The highest BCUT2D eigenvalue weighted by Crippen LogP contribution is 2.40. The molecule has 5 heteroatoms. The fourth-order valence-corrected chi connectivity index (χ4v) is 2.73. The molecule has 2 atom stereocenters. The van der Waals surface area contributed by atoms with E-state index in [-0.39, 0.29) is 6.04 Å². The summed E-state index contributed by atoms with van der Waals surface area (Å²) >= 11 is 3.51. The third-order valence-corrected chi connectivity index (χ3v) is 4.18. The van der Waals surface area contributed by atoms with Gasteiger partial charge in [0.25, 0.3) is 0 Å². The van der Waals surface area contributed by atoms with Crippen molar-refractivity contribution in [1.82, 2.24) is 5.43 Å². The van der Waals surface area contributed by atoms with E-state index in [0.29, 0.717) is 5.92 Å². The van der Waals surface area contributed by atoms with Crippen molar-refractivity contribution in [2.45, 2.75) is 32.7 Å². The van der Waals surface area contributed by atoms with Crippen LogP contribution in [0, 0.1) is 5.92 Å². The molecule has 4 nitrogen and oxygen atoms in total. The van der Waals surface area contributed by atoms with Gasteiger partial charge in [0.1, 0.15) is 16.0 Å². The van der Waals surface area contributed by atoms with Gasteiger partial charge in [0.05, 0.1) is 14.2 Å². The molecule has 19 heavy (non-hydrogen) atoms. The molecule has 0 heterocycles. The number of nitrogens with two attached hydrogens (primary N) is 1. The maximum atomic E-state index is 5.70. The van der Waals surface area contributed by atoms with E-state index in [4.69, 9.17) is 15.3 Å². The zero-order chi connectivity index (χ0) is 14.4. The summed E-state index contributed by atoms with van der Waals surface area (Å²) in [4.78, 5) is 0. The fraction of sp³-hybridized carbons (Fsp3) is 0.571. The fourth-order valence-electron chi connectivity index (χ4n) is 2.05. The first-order valence-corrected chi connectivity index (χ1v) is 7.24. The molecule has 1 aromatic carbocycles. The summed E-state index contributed by atoms with van der Waals surface area (Å²) in [5.74, 6) is 7.81. The molecular formula is C14H23BrN2O2. The van der Waals surface area contributed by atoms with Crippen molar-refractivity contribution in [1.29, 1.82) is 0 Å². The van der Waals surface area contributed by atoms with Crippen LogP contribution < -0.4 is 20.7 Å². The lowest BCUT2D eigenvalue weighted by atomic mass is 9.94. The highest BCUT2D eigenvalue weighted by molar-refractivity contribution is 9.10. The van der Waals surface area contributed by atoms with E-state index in [0.717, 1.165) is 34.4 Å². The summed E-state index contributed by atoms with van der Waals surface area (Å²) in [6.45, 7) is 4.40. The monoisotopic (exact) mass is 330 g/mol. The molecule has 0 aliphatic rings. The molecule has 1 aromatic rings. The predicted octanol–water partition coefficient (Wildman–Crippen LogP) is 3.41. The van der Waals surface area contributed by atoms with E-state index < -0.39 is 0 Å². The number of nitrogens with one attached hydrogen (secondary N) is 1. The summed E-state index contributed by atoms with van der Waals surface area (Å²) < 4.78 is 11.6. The Balaban J connectivity index is 3.13. The summed E-state index contributed by atoms with van der Waals surface area (Å²) in [6, 6.07) is 3.98. The van der Waals surface area contributed by atoms with E-state index in [1.54, 1.807) is 14.2 Å². The second-order valence-electron chi connectivity index (χ2n) is 4.67. The van der Waals surface area contributed by atoms with Crippen LogP contribution in [-0.2, 0) is 0 Å². The van der Waals surface area contributed by atoms with Gasteiger partial charge in [-0.15, -0.1) is 0 Å². The minimum Gasteiger partial charge on any atom is -0.495 e. The number of halogens is 1. The van der Waals surface area contributed by atoms with Crippen LogP contribution in [0.3, 0.4) is 0 Å². The minimum atomic E-state index is 0.0621. The Morgan fingerprint density at radius 1 is 1.32 bits per heavy atom. The molecule has 0 aliphatic carbocycles. The maximum absolute atomic E-state index is 5.70. The number of ether oxygens (including phenoxy) is 2. The van der Waals surface area contributed by atoms with E-state index in [9.17, 15) is 0 Å². The van der Waals surface area contributed by atoms with Crippen LogP contribution in [0.25, 0.3) is 0 Å². The molecule has 0 aliphatic heterocycles. The van der Waals surface area contributed by atoms with Crippen molar-refractivity contribution >= 4 is 15.9 Å². The molecular weight excluding hydrogens is 308 g/mol. The Kier molecular flexibility index (Phi) is 6.62. The van der Waals surface area contributed by atoms with Crippen LogP contribution in [0.1, 0.15) is 38.3 Å². The number of hydrogen-bond acceptors (Lipinski definition) is 4. The third kappa shape index (κ3) is 3.84. The Bertz CT molecular complexity index is 413. The number of benzene rings is 1. The quantitative estimate of drug-likeness (QED) is 0.594. The highest BCUT2D eigenvalue weighted by Gasteiger charge is 2.21. The van der Waals surface area contributed by atoms with Crippen molar-refractivity contribution < 1.29 is 9.47 Å². The third-order valence-electron chi connectivity index (χ3n) is 3.43. The lowest BCUT2D eigenvalue weighted by molar-refractivity contribution is 0.363. The number of rotatable bonds is 7. The van der Waals surface area contributed by atoms with Crippen LogP contribution in [0.15, 0.2) is 16.6 Å². The van der Waals surface area contributed by atoms with Crippen molar-refractivity contribution in [3.63, 3.8) is 0 Å². The molecule has 108 valence electrons. The SMILES string of the molecule is CCC(C)CC(NN)c1ccc(OC)c(Br)c1OC. The Labute approximate surface area is 123 Å². The summed E-state index contributed by atoms with van der Waals surface area (Å²) in [5, 5.41) is 0. The van der Waals surface area contributed by atoms with Crippen LogP contribution >= 0.6 is 15.9 Å². The van der Waals surface area contributed by atoms with Gasteiger partial charge in [0.15, 0.2) is 0 Å². The van der Waals surface area contributed by atoms with Crippen LogP contribution in [0.4, 0.5) is 0 Å². The van der Waals surface area contributed by atoms with E-state index in [1.165, 1.54) is 0 Å². The molecule has 0 saturated heterocycles. The van der Waals surface area contributed by atoms with Crippen LogP contribution in [0.2, 0.25) is 0 Å². The van der Waals surface area contributed by atoms with Gasteiger partial charge >= 0.3 is 0 Å². The molecule has 0 spiro atoms. The van der Waals surface area contributed by atoms with E-state index >= 15 is 0 Å². The average Bonchev–Trinajstić information content (AvgIpc) is 2.44. The Morgan fingerprint density at radius 2 is 2.00 bits per heavy atom. The normalized spacial score (nSPS) is 14.0. The zero-order valence-electron chi connectivity index (χ0n) is 12.0. The lowest BCUT2D eigenvalue weighted by Gasteiger charge is -2.23. The van der Waals surface area contributed by atoms with Crippen LogP contribution in [0.5, 0.6) is 11.5 Å². The molecule has 0 bridgehead atoms. The van der Waals surface area contributed by atoms with E-state index in [2.05, 4.69) is 35.2 Å². The van der Waals surface area contributed by atoms with Crippen molar-refractivity contribution in [3.8, 4) is 11.5 Å². The second-order valence-corrected chi connectivity index (χ2v) is 5.47. The van der Waals surface area contributed by atoms with Gasteiger partial charge in [-0.25, -0.2) is 0 Å². The van der Waals surface area contributed by atoms with Gasteiger partial charge in [0.2, 0.25) is 0 Å². The first-order valence-electron chi connectivity index (χ1n) is 6.45. The topological polar surface area (TPSA) is 56.5 Å². The lowest BCUT2D eigenvalue weighted by Crippen LogP contribution is -2.29. The van der Waals surface area contributed by atoms with Gasteiger partial charge in [0, 0.05) is 11.6 Å². The predicted molar refractivity (Wildman–Crippen MR) is 81.4 cm³/mol. The van der Waals surface area contributed by atoms with Gasteiger partial charge in [-0.2, -0.15) is 0 Å². The molecule has 0 fully saturated rings. The van der Waals surface area contributed by atoms with Gasteiger partial charge < -0.3 is 9.47 Å². The van der Waals surface area contributed by atoms with Gasteiger partial charge in [-0.3, -0.25) is 11.3 Å². The summed E-state index contributed by atoms with van der Waals surface area (Å²) in [5.41, 5.74) is 3.92. The summed E-state index contributed by atoms with van der Waals surface area (Å²) in [6.07, 6.45) is 2.08. The van der Waals surface area contributed by atoms with E-state index in [1.807, 2.05) is 12.1 Å². The highest BCUT2D eigenvalue weighted by atomic mass is 79.9. The number of hydrogen-bond donors (Lipinski definition) is 2. The smallest absolute Gasteiger partial charge is 0.141 e. The first kappa shape index (κ1) is 16.3.